The molecule has 2 fully saturated rings. The van der Waals surface area contributed by atoms with E-state index in [9.17, 15) is 18.0 Å². The lowest BCUT2D eigenvalue weighted by Crippen LogP contribution is -2.62. The van der Waals surface area contributed by atoms with Crippen molar-refractivity contribution < 1.29 is 18.0 Å². The number of hydrogen-bond acceptors (Lipinski definition) is 3. The van der Waals surface area contributed by atoms with E-state index in [2.05, 4.69) is 34.1 Å². The first-order valence-corrected chi connectivity index (χ1v) is 11.0. The molecule has 2 aliphatic heterocycles. The Labute approximate surface area is 190 Å². The third-order valence-electron chi connectivity index (χ3n) is 6.72. The number of benzene rings is 2. The zero-order valence-corrected chi connectivity index (χ0v) is 18.0. The number of nitrogens with zero attached hydrogens (tertiary/aromatic N) is 3. The molecule has 7 heteroatoms. The maximum atomic E-state index is 12.9. The lowest BCUT2D eigenvalue weighted by atomic mass is 9.70. The fourth-order valence-corrected chi connectivity index (χ4v) is 5.09. The van der Waals surface area contributed by atoms with Crippen LogP contribution in [0.5, 0.6) is 0 Å². The summed E-state index contributed by atoms with van der Waals surface area (Å²) in [6, 6.07) is 23.1. The van der Waals surface area contributed by atoms with Gasteiger partial charge >= 0.3 is 6.18 Å². The third-order valence-corrected chi connectivity index (χ3v) is 6.72. The van der Waals surface area contributed by atoms with Crippen LogP contribution in [0, 0.1) is 5.41 Å². The van der Waals surface area contributed by atoms with E-state index >= 15 is 0 Å². The number of alkyl halides is 3. The van der Waals surface area contributed by atoms with Gasteiger partial charge in [0.15, 0.2) is 0 Å². The van der Waals surface area contributed by atoms with E-state index in [1.165, 1.54) is 22.1 Å². The van der Waals surface area contributed by atoms with Crippen LogP contribution < -0.4 is 4.90 Å². The third kappa shape index (κ3) is 4.25. The van der Waals surface area contributed by atoms with Gasteiger partial charge in [-0.2, -0.15) is 13.2 Å². The summed E-state index contributed by atoms with van der Waals surface area (Å²) >= 11 is 0. The average molecular weight is 451 g/mol. The molecule has 5 rings (SSSR count). The van der Waals surface area contributed by atoms with E-state index in [0.29, 0.717) is 13.0 Å². The molecular weight excluding hydrogens is 427 g/mol. The zero-order chi connectivity index (χ0) is 23.1. The van der Waals surface area contributed by atoms with Crippen molar-refractivity contribution in [2.24, 2.45) is 5.41 Å². The van der Waals surface area contributed by atoms with Crippen LogP contribution in [0.15, 0.2) is 79.0 Å². The first kappa shape index (κ1) is 21.6. The molecule has 170 valence electrons. The molecule has 0 aliphatic carbocycles. The van der Waals surface area contributed by atoms with Crippen LogP contribution in [0.4, 0.5) is 19.0 Å². The molecule has 3 aromatic rings. The van der Waals surface area contributed by atoms with Gasteiger partial charge in [-0.3, -0.25) is 14.6 Å². The maximum Gasteiger partial charge on any atom is 0.417 e. The number of halogens is 3. The number of piperidine rings is 1. The second-order valence-corrected chi connectivity index (χ2v) is 9.00. The fraction of sp³-hybridized carbons (Fsp3) is 0.308. The highest BCUT2D eigenvalue weighted by atomic mass is 19.4. The number of rotatable bonds is 4. The molecule has 0 unspecified atom stereocenters. The Hall–Kier alpha value is -3.19. The molecule has 3 heterocycles. The van der Waals surface area contributed by atoms with Crippen LogP contribution in [0.3, 0.4) is 0 Å². The quantitative estimate of drug-likeness (QED) is 0.539. The predicted molar refractivity (Wildman–Crippen MR) is 120 cm³/mol. The van der Waals surface area contributed by atoms with Gasteiger partial charge in [-0.25, -0.2) is 4.98 Å². The number of amides is 1. The van der Waals surface area contributed by atoms with E-state index in [1.807, 2.05) is 36.4 Å². The topological polar surface area (TPSA) is 36.4 Å². The first-order chi connectivity index (χ1) is 15.8. The zero-order valence-electron chi connectivity index (χ0n) is 18.0. The minimum absolute atomic E-state index is 0.0795. The maximum absolute atomic E-state index is 12.9. The van der Waals surface area contributed by atoms with Gasteiger partial charge < -0.3 is 0 Å². The molecule has 2 aliphatic rings. The summed E-state index contributed by atoms with van der Waals surface area (Å²) in [7, 11) is 0. The molecule has 0 bridgehead atoms. The van der Waals surface area contributed by atoms with E-state index in [-0.39, 0.29) is 23.2 Å². The van der Waals surface area contributed by atoms with Crippen LogP contribution in [0.1, 0.15) is 35.6 Å². The SMILES string of the molecule is O=C1CC2(CCN1c1ccc(C(F)(F)F)cn1)CN(C(c1ccccc1)c1ccccc1)C2. The van der Waals surface area contributed by atoms with Crippen LogP contribution in [-0.2, 0) is 11.0 Å². The average Bonchev–Trinajstić information content (AvgIpc) is 2.79. The van der Waals surface area contributed by atoms with Crippen molar-refractivity contribution in [3.05, 3.63) is 95.7 Å². The molecule has 1 aromatic heterocycles. The van der Waals surface area contributed by atoms with Gasteiger partial charge in [-0.1, -0.05) is 60.7 Å². The van der Waals surface area contributed by atoms with Crippen molar-refractivity contribution in [2.75, 3.05) is 24.5 Å². The second kappa shape index (κ2) is 8.30. The number of carbonyl (C=O) groups excluding carboxylic acids is 1. The number of aromatic nitrogens is 1. The van der Waals surface area contributed by atoms with Crippen LogP contribution in [-0.4, -0.2) is 35.4 Å². The number of anilines is 1. The Balaban J connectivity index is 1.29. The van der Waals surface area contributed by atoms with E-state index in [0.717, 1.165) is 31.8 Å². The van der Waals surface area contributed by atoms with Crippen LogP contribution >= 0.6 is 0 Å². The van der Waals surface area contributed by atoms with Crippen molar-refractivity contribution in [2.45, 2.75) is 25.1 Å². The van der Waals surface area contributed by atoms with Crippen molar-refractivity contribution in [1.29, 1.82) is 0 Å². The van der Waals surface area contributed by atoms with Crippen molar-refractivity contribution >= 4 is 11.7 Å². The van der Waals surface area contributed by atoms with Crippen molar-refractivity contribution in [3.8, 4) is 0 Å². The second-order valence-electron chi connectivity index (χ2n) is 9.00. The highest BCUT2D eigenvalue weighted by Crippen LogP contribution is 2.46. The van der Waals surface area contributed by atoms with Crippen molar-refractivity contribution in [1.82, 2.24) is 9.88 Å². The van der Waals surface area contributed by atoms with Gasteiger partial charge in [0.05, 0.1) is 11.6 Å². The molecule has 0 atom stereocenters. The Morgan fingerprint density at radius 2 is 1.48 bits per heavy atom. The first-order valence-electron chi connectivity index (χ1n) is 11.0. The highest BCUT2D eigenvalue weighted by molar-refractivity contribution is 5.93. The summed E-state index contributed by atoms with van der Waals surface area (Å²) in [5.41, 5.74) is 1.53. The smallest absolute Gasteiger partial charge is 0.297 e. The number of pyridine rings is 1. The lowest BCUT2D eigenvalue weighted by Gasteiger charge is -2.56. The number of carbonyl (C=O) groups is 1. The van der Waals surface area contributed by atoms with E-state index in [4.69, 9.17) is 0 Å². The highest BCUT2D eigenvalue weighted by Gasteiger charge is 2.50. The minimum atomic E-state index is -4.44. The predicted octanol–water partition coefficient (Wildman–Crippen LogP) is 5.32. The Bertz CT molecular complexity index is 1070. The molecule has 0 N–H and O–H groups in total. The van der Waals surface area contributed by atoms with Crippen molar-refractivity contribution in [3.63, 3.8) is 0 Å². The summed E-state index contributed by atoms with van der Waals surface area (Å²) < 4.78 is 38.4. The van der Waals surface area contributed by atoms with Crippen LogP contribution in [0.2, 0.25) is 0 Å². The molecule has 4 nitrogen and oxygen atoms in total. The molecular formula is C26H24F3N3O. The molecule has 2 saturated heterocycles. The summed E-state index contributed by atoms with van der Waals surface area (Å²) in [5, 5.41) is 0. The van der Waals surface area contributed by atoms with Gasteiger partial charge in [0.1, 0.15) is 5.82 Å². The Kier molecular flexibility index (Phi) is 5.44. The fourth-order valence-electron chi connectivity index (χ4n) is 5.09. The molecule has 1 spiro atoms. The molecule has 0 saturated carbocycles. The largest absolute Gasteiger partial charge is 0.417 e. The lowest BCUT2D eigenvalue weighted by molar-refractivity contribution is -0.137. The van der Waals surface area contributed by atoms with Gasteiger partial charge in [-0.05, 0) is 29.7 Å². The summed E-state index contributed by atoms with van der Waals surface area (Å²) in [4.78, 5) is 20.8. The normalized spacial score (nSPS) is 18.5. The van der Waals surface area contributed by atoms with Crippen LogP contribution in [0.25, 0.3) is 0 Å². The minimum Gasteiger partial charge on any atom is -0.297 e. The number of likely N-dealkylation sites (tertiary alicyclic amines) is 1. The van der Waals surface area contributed by atoms with Gasteiger partial charge in [0.25, 0.3) is 0 Å². The van der Waals surface area contributed by atoms with E-state index in [1.54, 1.807) is 0 Å². The summed E-state index contributed by atoms with van der Waals surface area (Å²) in [5.74, 6) is 0.203. The summed E-state index contributed by atoms with van der Waals surface area (Å²) in [6.07, 6.45) is -2.47. The monoisotopic (exact) mass is 451 g/mol. The van der Waals surface area contributed by atoms with Gasteiger partial charge in [0.2, 0.25) is 5.91 Å². The Morgan fingerprint density at radius 1 is 0.879 bits per heavy atom. The standard InChI is InChI=1S/C26H24F3N3O/c27-26(28,29)21-11-12-22(30-16-21)32-14-13-25(15-23(32)33)17-31(18-25)24(19-7-3-1-4-8-19)20-9-5-2-6-10-20/h1-12,16,24H,13-15,17-18H2. The van der Waals surface area contributed by atoms with Gasteiger partial charge in [0, 0.05) is 37.7 Å². The molecule has 33 heavy (non-hydrogen) atoms. The molecule has 2 aromatic carbocycles. The summed E-state index contributed by atoms with van der Waals surface area (Å²) in [6.45, 7) is 2.08. The molecule has 1 amide bonds. The van der Waals surface area contributed by atoms with E-state index < -0.39 is 11.7 Å². The van der Waals surface area contributed by atoms with Gasteiger partial charge in [-0.15, -0.1) is 0 Å². The Morgan fingerprint density at radius 3 is 1.97 bits per heavy atom. The molecule has 0 radical (unpaired) electrons. The number of hydrogen-bond donors (Lipinski definition) is 0.